The lowest BCUT2D eigenvalue weighted by Gasteiger charge is -2.36. The van der Waals surface area contributed by atoms with E-state index in [1.54, 1.807) is 7.11 Å². The highest BCUT2D eigenvalue weighted by molar-refractivity contribution is 5.76. The van der Waals surface area contributed by atoms with E-state index in [0.29, 0.717) is 6.54 Å². The van der Waals surface area contributed by atoms with Gasteiger partial charge in [0.1, 0.15) is 5.75 Å². The maximum atomic E-state index is 10.9. The first-order chi connectivity index (χ1) is 8.70. The number of nitrogens with zero attached hydrogens (tertiary/aromatic N) is 2. The molecule has 0 radical (unpaired) electrons. The smallest absolute Gasteiger partial charge is 0.231 e. The molecule has 18 heavy (non-hydrogen) atoms. The Labute approximate surface area is 107 Å². The number of primary amides is 1. The number of hydrogen-bond acceptors (Lipinski definition) is 4. The molecule has 1 aromatic carbocycles. The van der Waals surface area contributed by atoms with E-state index in [2.05, 4.69) is 15.9 Å². The summed E-state index contributed by atoms with van der Waals surface area (Å²) in [5, 5.41) is 0. The Hall–Kier alpha value is -1.75. The largest absolute Gasteiger partial charge is 0.495 e. The van der Waals surface area contributed by atoms with Crippen molar-refractivity contribution in [3.05, 3.63) is 24.3 Å². The van der Waals surface area contributed by atoms with Crippen LogP contribution in [-0.4, -0.2) is 50.6 Å². The van der Waals surface area contributed by atoms with Crippen LogP contribution in [0.25, 0.3) is 0 Å². The van der Waals surface area contributed by atoms with Gasteiger partial charge in [0, 0.05) is 26.2 Å². The fourth-order valence-electron chi connectivity index (χ4n) is 2.26. The summed E-state index contributed by atoms with van der Waals surface area (Å²) in [5.74, 6) is 0.626. The van der Waals surface area contributed by atoms with Gasteiger partial charge in [0.15, 0.2) is 0 Å². The molecule has 2 rings (SSSR count). The average Bonchev–Trinajstić information content (AvgIpc) is 2.39. The molecule has 1 aliphatic heterocycles. The van der Waals surface area contributed by atoms with Crippen LogP contribution < -0.4 is 15.4 Å². The molecule has 0 atom stereocenters. The second-order valence-corrected chi connectivity index (χ2v) is 4.40. The molecule has 2 N–H and O–H groups in total. The zero-order valence-corrected chi connectivity index (χ0v) is 10.6. The van der Waals surface area contributed by atoms with Crippen LogP contribution in [-0.2, 0) is 4.79 Å². The van der Waals surface area contributed by atoms with Gasteiger partial charge in [-0.25, -0.2) is 0 Å². The van der Waals surface area contributed by atoms with Gasteiger partial charge in [-0.3, -0.25) is 9.69 Å². The average molecular weight is 249 g/mol. The van der Waals surface area contributed by atoms with Gasteiger partial charge < -0.3 is 15.4 Å². The summed E-state index contributed by atoms with van der Waals surface area (Å²) in [6, 6.07) is 7.99. The second kappa shape index (κ2) is 5.73. The van der Waals surface area contributed by atoms with Crippen molar-refractivity contribution in [3.8, 4) is 5.75 Å². The standard InChI is InChI=1S/C13H19N3O2/c1-18-12-5-3-2-4-11(12)16-8-6-15(7-9-16)10-13(14)17/h2-5H,6-10H2,1H3,(H2,14,17). The van der Waals surface area contributed by atoms with Crippen molar-refractivity contribution < 1.29 is 9.53 Å². The number of rotatable bonds is 4. The van der Waals surface area contributed by atoms with E-state index in [0.717, 1.165) is 37.6 Å². The van der Waals surface area contributed by atoms with Crippen LogP contribution in [0.15, 0.2) is 24.3 Å². The number of ether oxygens (including phenoxy) is 1. The number of hydrogen-bond donors (Lipinski definition) is 1. The summed E-state index contributed by atoms with van der Waals surface area (Å²) in [7, 11) is 1.68. The van der Waals surface area contributed by atoms with E-state index < -0.39 is 0 Å². The highest BCUT2D eigenvalue weighted by atomic mass is 16.5. The van der Waals surface area contributed by atoms with Crippen LogP contribution in [0.2, 0.25) is 0 Å². The molecular formula is C13H19N3O2. The summed E-state index contributed by atoms with van der Waals surface area (Å²) in [5.41, 5.74) is 6.31. The number of carbonyl (C=O) groups is 1. The second-order valence-electron chi connectivity index (χ2n) is 4.40. The van der Waals surface area contributed by atoms with Crippen molar-refractivity contribution in [2.24, 2.45) is 5.73 Å². The molecule has 1 aliphatic rings. The lowest BCUT2D eigenvalue weighted by atomic mass is 10.2. The lowest BCUT2D eigenvalue weighted by molar-refractivity contribution is -0.119. The molecule has 0 aromatic heterocycles. The molecule has 1 amide bonds. The van der Waals surface area contributed by atoms with E-state index in [1.807, 2.05) is 18.2 Å². The quantitative estimate of drug-likeness (QED) is 0.834. The fraction of sp³-hybridized carbons (Fsp3) is 0.462. The first kappa shape index (κ1) is 12.7. The minimum atomic E-state index is -0.263. The number of carbonyl (C=O) groups excluding carboxylic acids is 1. The zero-order chi connectivity index (χ0) is 13.0. The molecule has 0 aliphatic carbocycles. The van der Waals surface area contributed by atoms with Gasteiger partial charge in [0.2, 0.25) is 5.91 Å². The minimum absolute atomic E-state index is 0.263. The maximum Gasteiger partial charge on any atom is 0.231 e. The van der Waals surface area contributed by atoms with Gasteiger partial charge in [0.25, 0.3) is 0 Å². The Bertz CT molecular complexity index is 414. The van der Waals surface area contributed by atoms with Gasteiger partial charge in [-0.1, -0.05) is 12.1 Å². The molecule has 5 heteroatoms. The molecule has 0 bridgehead atoms. The Morgan fingerprint density at radius 2 is 1.94 bits per heavy atom. The first-order valence-electron chi connectivity index (χ1n) is 6.09. The number of nitrogens with two attached hydrogens (primary N) is 1. The number of benzene rings is 1. The predicted octanol–water partition coefficient (Wildman–Crippen LogP) is 0.303. The molecule has 0 unspecified atom stereocenters. The third-order valence-corrected chi connectivity index (χ3v) is 3.18. The highest BCUT2D eigenvalue weighted by Gasteiger charge is 2.20. The summed E-state index contributed by atoms with van der Waals surface area (Å²) in [4.78, 5) is 15.2. The monoisotopic (exact) mass is 249 g/mol. The van der Waals surface area contributed by atoms with E-state index >= 15 is 0 Å². The van der Waals surface area contributed by atoms with Gasteiger partial charge >= 0.3 is 0 Å². The van der Waals surface area contributed by atoms with E-state index in [9.17, 15) is 4.79 Å². The highest BCUT2D eigenvalue weighted by Crippen LogP contribution is 2.28. The Kier molecular flexibility index (Phi) is 4.04. The van der Waals surface area contributed by atoms with Crippen molar-refractivity contribution >= 4 is 11.6 Å². The van der Waals surface area contributed by atoms with E-state index in [1.165, 1.54) is 0 Å². The van der Waals surface area contributed by atoms with E-state index in [-0.39, 0.29) is 5.91 Å². The minimum Gasteiger partial charge on any atom is -0.495 e. The lowest BCUT2D eigenvalue weighted by Crippen LogP contribution is -2.48. The van der Waals surface area contributed by atoms with Gasteiger partial charge in [-0.05, 0) is 12.1 Å². The van der Waals surface area contributed by atoms with Crippen LogP contribution in [0, 0.1) is 0 Å². The molecule has 0 saturated carbocycles. The molecule has 1 aromatic rings. The number of amides is 1. The Morgan fingerprint density at radius 1 is 1.28 bits per heavy atom. The number of methoxy groups -OCH3 is 1. The number of para-hydroxylation sites is 2. The summed E-state index contributed by atoms with van der Waals surface area (Å²) in [6.45, 7) is 3.81. The third-order valence-electron chi connectivity index (χ3n) is 3.18. The Morgan fingerprint density at radius 3 is 2.56 bits per heavy atom. The van der Waals surface area contributed by atoms with Crippen molar-refractivity contribution in [1.29, 1.82) is 0 Å². The normalized spacial score (nSPS) is 16.6. The van der Waals surface area contributed by atoms with Gasteiger partial charge in [-0.2, -0.15) is 0 Å². The topological polar surface area (TPSA) is 58.8 Å². The third kappa shape index (κ3) is 2.92. The zero-order valence-electron chi connectivity index (χ0n) is 10.6. The molecule has 0 spiro atoms. The molecule has 1 saturated heterocycles. The summed E-state index contributed by atoms with van der Waals surface area (Å²) < 4.78 is 5.36. The van der Waals surface area contributed by atoms with Crippen LogP contribution in [0.5, 0.6) is 5.75 Å². The SMILES string of the molecule is COc1ccccc1N1CCN(CC(N)=O)CC1. The molecule has 98 valence electrons. The first-order valence-corrected chi connectivity index (χ1v) is 6.09. The molecular weight excluding hydrogens is 230 g/mol. The predicted molar refractivity (Wildman–Crippen MR) is 70.8 cm³/mol. The van der Waals surface area contributed by atoms with Crippen molar-refractivity contribution in [2.75, 3.05) is 44.7 Å². The van der Waals surface area contributed by atoms with Crippen molar-refractivity contribution in [2.45, 2.75) is 0 Å². The van der Waals surface area contributed by atoms with Crippen LogP contribution >= 0.6 is 0 Å². The van der Waals surface area contributed by atoms with Crippen molar-refractivity contribution in [1.82, 2.24) is 4.90 Å². The molecule has 5 nitrogen and oxygen atoms in total. The Balaban J connectivity index is 1.99. The number of piperazine rings is 1. The van der Waals surface area contributed by atoms with Gasteiger partial charge in [0.05, 0.1) is 19.3 Å². The molecule has 1 fully saturated rings. The summed E-state index contributed by atoms with van der Waals surface area (Å²) >= 11 is 0. The van der Waals surface area contributed by atoms with E-state index in [4.69, 9.17) is 10.5 Å². The maximum absolute atomic E-state index is 10.9. The number of anilines is 1. The van der Waals surface area contributed by atoms with Gasteiger partial charge in [-0.15, -0.1) is 0 Å². The van der Waals surface area contributed by atoms with Crippen molar-refractivity contribution in [3.63, 3.8) is 0 Å². The van der Waals surface area contributed by atoms with Crippen LogP contribution in [0.1, 0.15) is 0 Å². The fourth-order valence-corrected chi connectivity index (χ4v) is 2.26. The summed E-state index contributed by atoms with van der Waals surface area (Å²) in [6.07, 6.45) is 0. The van der Waals surface area contributed by atoms with Crippen LogP contribution in [0.4, 0.5) is 5.69 Å². The van der Waals surface area contributed by atoms with Crippen LogP contribution in [0.3, 0.4) is 0 Å². The molecule has 1 heterocycles.